The maximum atomic E-state index is 13.3. The number of nitrogens with zero attached hydrogens (tertiary/aromatic N) is 1. The van der Waals surface area contributed by atoms with E-state index in [4.69, 9.17) is 24.8 Å². The first-order chi connectivity index (χ1) is 14.7. The molecule has 5 N–H and O–H groups in total. The van der Waals surface area contributed by atoms with E-state index in [2.05, 4.69) is 4.98 Å². The van der Waals surface area contributed by atoms with Gasteiger partial charge in [0.1, 0.15) is 23.8 Å². The number of halogens is 3. The molecule has 2 aromatic heterocycles. The smallest absolute Gasteiger partial charge is 0.417 e. The summed E-state index contributed by atoms with van der Waals surface area (Å²) < 4.78 is 76.6. The lowest BCUT2D eigenvalue weighted by Gasteiger charge is -2.12. The van der Waals surface area contributed by atoms with E-state index in [0.717, 1.165) is 17.0 Å². The summed E-state index contributed by atoms with van der Waals surface area (Å²) in [5.41, 5.74) is 4.21. The van der Waals surface area contributed by atoms with Gasteiger partial charge in [0.25, 0.3) is 16.0 Å². The van der Waals surface area contributed by atoms with E-state index in [1.165, 1.54) is 19.4 Å². The Labute approximate surface area is 180 Å². The molecule has 0 spiro atoms. The van der Waals surface area contributed by atoms with Crippen LogP contribution in [0, 0.1) is 5.41 Å². The number of nitrogens with two attached hydrogens (primary N) is 1. The minimum Gasteiger partial charge on any atom is -0.483 e. The number of aromatic amines is 1. The van der Waals surface area contributed by atoms with Crippen molar-refractivity contribution < 1.29 is 40.1 Å². The number of ether oxygens (including phenoxy) is 1. The van der Waals surface area contributed by atoms with Crippen molar-refractivity contribution in [3.8, 4) is 5.75 Å². The number of amides is 1. The highest BCUT2D eigenvalue weighted by Gasteiger charge is 2.34. The Kier molecular flexibility index (Phi) is 7.20. The highest BCUT2D eigenvalue weighted by atomic mass is 32.2. The van der Waals surface area contributed by atoms with Gasteiger partial charge in [0.05, 0.1) is 23.6 Å². The molecule has 0 unspecified atom stereocenters. The molecular weight excluding hydrogens is 457 g/mol. The van der Waals surface area contributed by atoms with Crippen molar-refractivity contribution in [1.29, 1.82) is 5.41 Å². The number of rotatable bonds is 4. The number of hydrogen-bond donors (Lipinski definition) is 4. The lowest BCUT2D eigenvalue weighted by atomic mass is 10.1. The first-order valence-corrected chi connectivity index (χ1v) is 10.5. The van der Waals surface area contributed by atoms with Crippen LogP contribution >= 0.6 is 0 Å². The fourth-order valence-corrected chi connectivity index (χ4v) is 2.51. The second kappa shape index (κ2) is 9.32. The Morgan fingerprint density at radius 3 is 2.47 bits per heavy atom. The highest BCUT2D eigenvalue weighted by Crippen LogP contribution is 2.39. The number of hydrogen-bond acceptors (Lipinski definition) is 6. The molecule has 32 heavy (non-hydrogen) atoms. The standard InChI is InChI=1S/C17H15F3N4O3.CH4O3S/c1-24(16(21)22)15(25)12-7-10-11(17(18,19)20)4-5-13(14(10)23-12)27-8-9-3-2-6-26-9;1-5(2,3)4/h2-7,23H,8H2,1H3,(H3,21,22);1H3,(H,2,3,4). The number of alkyl halides is 3. The molecule has 0 saturated heterocycles. The number of H-pyrrole nitrogens is 1. The predicted octanol–water partition coefficient (Wildman–Crippen LogP) is 2.83. The van der Waals surface area contributed by atoms with Crippen LogP contribution in [0.4, 0.5) is 13.2 Å². The van der Waals surface area contributed by atoms with Gasteiger partial charge in [0.15, 0.2) is 5.96 Å². The number of carbonyl (C=O) groups excluding carboxylic acids is 1. The minimum absolute atomic E-state index is 0.00309. The lowest BCUT2D eigenvalue weighted by molar-refractivity contribution is -0.136. The molecule has 0 radical (unpaired) electrons. The van der Waals surface area contributed by atoms with Gasteiger partial charge in [-0.05, 0) is 30.3 Å². The van der Waals surface area contributed by atoms with E-state index in [9.17, 15) is 26.4 Å². The number of benzene rings is 1. The summed E-state index contributed by atoms with van der Waals surface area (Å²) in [6, 6.07) is 6.45. The van der Waals surface area contributed by atoms with E-state index in [-0.39, 0.29) is 29.0 Å². The number of fused-ring (bicyclic) bond motifs is 1. The molecule has 0 fully saturated rings. The zero-order chi connectivity index (χ0) is 24.3. The van der Waals surface area contributed by atoms with Gasteiger partial charge < -0.3 is 19.9 Å². The van der Waals surface area contributed by atoms with Crippen molar-refractivity contribution in [1.82, 2.24) is 9.88 Å². The first kappa shape index (κ1) is 24.7. The molecule has 0 saturated carbocycles. The molecule has 14 heteroatoms. The maximum absolute atomic E-state index is 13.3. The van der Waals surface area contributed by atoms with Crippen molar-refractivity contribution in [3.05, 3.63) is 53.6 Å². The molecule has 0 bridgehead atoms. The second-order valence-corrected chi connectivity index (χ2v) is 7.90. The Morgan fingerprint density at radius 1 is 1.34 bits per heavy atom. The van der Waals surface area contributed by atoms with Gasteiger partial charge in [0.2, 0.25) is 0 Å². The van der Waals surface area contributed by atoms with Crippen molar-refractivity contribution in [3.63, 3.8) is 0 Å². The summed E-state index contributed by atoms with van der Waals surface area (Å²) in [7, 11) is -2.42. The van der Waals surface area contributed by atoms with Crippen LogP contribution in [0.5, 0.6) is 5.75 Å². The summed E-state index contributed by atoms with van der Waals surface area (Å²) in [6.45, 7) is 0.00309. The molecule has 1 amide bonds. The third kappa shape index (κ3) is 6.49. The Morgan fingerprint density at radius 2 is 1.97 bits per heavy atom. The molecule has 2 heterocycles. The highest BCUT2D eigenvalue weighted by molar-refractivity contribution is 7.85. The van der Waals surface area contributed by atoms with E-state index >= 15 is 0 Å². The zero-order valence-electron chi connectivity index (χ0n) is 16.7. The quantitative estimate of drug-likeness (QED) is 0.256. The Hall–Kier alpha value is -3.52. The number of furan rings is 1. The van der Waals surface area contributed by atoms with Gasteiger partial charge in [-0.1, -0.05) is 0 Å². The molecular formula is C18H19F3N4O6S. The number of guanidine groups is 1. The third-order valence-corrected chi connectivity index (χ3v) is 3.91. The zero-order valence-corrected chi connectivity index (χ0v) is 17.5. The van der Waals surface area contributed by atoms with Crippen molar-refractivity contribution in [2.75, 3.05) is 13.3 Å². The SMILES string of the molecule is CN(C(=N)N)C(=O)c1cc2c(C(F)(F)F)ccc(OCc3ccco3)c2[nH]1.CS(=O)(=O)O. The third-order valence-electron chi connectivity index (χ3n) is 3.91. The van der Waals surface area contributed by atoms with Gasteiger partial charge in [-0.3, -0.25) is 19.7 Å². The van der Waals surface area contributed by atoms with E-state index in [1.807, 2.05) is 0 Å². The van der Waals surface area contributed by atoms with Crippen LogP contribution in [0.25, 0.3) is 10.9 Å². The number of aromatic nitrogens is 1. The van der Waals surface area contributed by atoms with E-state index in [0.29, 0.717) is 12.0 Å². The van der Waals surface area contributed by atoms with Crippen molar-refractivity contribution >= 4 is 32.9 Å². The number of carbonyl (C=O) groups is 1. The molecule has 0 aliphatic heterocycles. The monoisotopic (exact) mass is 476 g/mol. The summed E-state index contributed by atoms with van der Waals surface area (Å²) >= 11 is 0. The van der Waals surface area contributed by atoms with Crippen LogP contribution < -0.4 is 10.5 Å². The van der Waals surface area contributed by atoms with Crippen LogP contribution in [0.15, 0.2) is 41.0 Å². The van der Waals surface area contributed by atoms with E-state index in [1.54, 1.807) is 12.1 Å². The van der Waals surface area contributed by atoms with Gasteiger partial charge in [-0.2, -0.15) is 21.6 Å². The van der Waals surface area contributed by atoms with Crippen molar-refractivity contribution in [2.24, 2.45) is 5.73 Å². The molecule has 174 valence electrons. The van der Waals surface area contributed by atoms with Crippen LogP contribution in [0.3, 0.4) is 0 Å². The topological polar surface area (TPSA) is 163 Å². The van der Waals surface area contributed by atoms with Crippen LogP contribution in [0.1, 0.15) is 21.8 Å². The molecule has 0 aliphatic rings. The van der Waals surface area contributed by atoms with Gasteiger partial charge in [-0.15, -0.1) is 0 Å². The molecule has 10 nitrogen and oxygen atoms in total. The van der Waals surface area contributed by atoms with Gasteiger partial charge in [0, 0.05) is 12.4 Å². The maximum Gasteiger partial charge on any atom is 0.417 e. The van der Waals surface area contributed by atoms with Crippen molar-refractivity contribution in [2.45, 2.75) is 12.8 Å². The van der Waals surface area contributed by atoms with Gasteiger partial charge >= 0.3 is 6.18 Å². The first-order valence-electron chi connectivity index (χ1n) is 8.61. The van der Waals surface area contributed by atoms with Crippen LogP contribution in [-0.2, 0) is 22.9 Å². The fraction of sp³-hybridized carbons (Fsp3) is 0.222. The molecule has 3 rings (SSSR count). The second-order valence-electron chi connectivity index (χ2n) is 6.43. The largest absolute Gasteiger partial charge is 0.483 e. The normalized spacial score (nSPS) is 11.6. The average Bonchev–Trinajstić information content (AvgIpc) is 3.32. The summed E-state index contributed by atoms with van der Waals surface area (Å²) in [6.07, 6.45) is -2.45. The minimum atomic E-state index is -4.62. The molecule has 0 aliphatic carbocycles. The molecule has 3 aromatic rings. The summed E-state index contributed by atoms with van der Waals surface area (Å²) in [4.78, 5) is 15.8. The number of nitrogens with one attached hydrogen (secondary N) is 2. The average molecular weight is 476 g/mol. The van der Waals surface area contributed by atoms with Crippen LogP contribution in [-0.4, -0.2) is 48.0 Å². The fourth-order valence-electron chi connectivity index (χ4n) is 2.51. The summed E-state index contributed by atoms with van der Waals surface area (Å²) in [5, 5.41) is 7.08. The predicted molar refractivity (Wildman–Crippen MR) is 108 cm³/mol. The molecule has 0 atom stereocenters. The Balaban J connectivity index is 0.000000654. The van der Waals surface area contributed by atoms with E-state index < -0.39 is 33.7 Å². The summed E-state index contributed by atoms with van der Waals surface area (Å²) in [5.74, 6) is -0.672. The van der Waals surface area contributed by atoms with Gasteiger partial charge in [-0.25, -0.2) is 0 Å². The van der Waals surface area contributed by atoms with Crippen LogP contribution in [0.2, 0.25) is 0 Å². The lowest BCUT2D eigenvalue weighted by Crippen LogP contribution is -2.38. The molecule has 1 aromatic carbocycles. The Bertz CT molecular complexity index is 1210.